The van der Waals surface area contributed by atoms with Gasteiger partial charge in [-0.15, -0.1) is 0 Å². The predicted molar refractivity (Wildman–Crippen MR) is 119 cm³/mol. The topological polar surface area (TPSA) is 49.7 Å². The average Bonchev–Trinajstić information content (AvgIpc) is 2.78. The van der Waals surface area contributed by atoms with Crippen molar-refractivity contribution < 1.29 is 27.4 Å². The fraction of sp³-hybridized carbons (Fsp3) is 0.348. The third kappa shape index (κ3) is 6.57. The molecule has 0 saturated heterocycles. The molecule has 0 aliphatic rings. The summed E-state index contributed by atoms with van der Waals surface area (Å²) in [5, 5.41) is 0.909. The molecule has 0 saturated carbocycles. The molecule has 0 aliphatic heterocycles. The normalized spacial score (nSPS) is 12.4. The van der Waals surface area contributed by atoms with Crippen molar-refractivity contribution in [3.8, 4) is 5.75 Å². The van der Waals surface area contributed by atoms with E-state index in [1.54, 1.807) is 37.6 Å². The number of halogens is 4. The first kappa shape index (κ1) is 24.3. The zero-order chi connectivity index (χ0) is 23.1. The predicted octanol–water partition coefficient (Wildman–Crippen LogP) is 5.52. The minimum atomic E-state index is -2.89. The number of methoxy groups -OCH3 is 1. The maximum atomic E-state index is 13.8. The first-order chi connectivity index (χ1) is 15.4. The van der Waals surface area contributed by atoms with E-state index in [9.17, 15) is 18.0 Å². The van der Waals surface area contributed by atoms with Gasteiger partial charge >= 0.3 is 6.61 Å². The molecular formula is C23H23BrF3NO4. The van der Waals surface area contributed by atoms with Gasteiger partial charge in [-0.25, -0.2) is 4.39 Å². The fourth-order valence-electron chi connectivity index (χ4n) is 3.27. The number of ether oxygens (including phenoxy) is 3. The van der Waals surface area contributed by atoms with Crippen molar-refractivity contribution in [1.29, 1.82) is 0 Å². The number of nitrogens with zero attached hydrogens (tertiary/aromatic N) is 1. The summed E-state index contributed by atoms with van der Waals surface area (Å²) in [6.07, 6.45) is 1.96. The van der Waals surface area contributed by atoms with Crippen molar-refractivity contribution in [2.75, 3.05) is 13.7 Å². The quantitative estimate of drug-likeness (QED) is 0.339. The van der Waals surface area contributed by atoms with Crippen LogP contribution in [-0.2, 0) is 22.6 Å². The van der Waals surface area contributed by atoms with Gasteiger partial charge in [0.05, 0.1) is 36.3 Å². The highest BCUT2D eigenvalue weighted by Gasteiger charge is 2.14. The lowest BCUT2D eigenvalue weighted by Crippen LogP contribution is -2.24. The number of aromatic nitrogens is 1. The standard InChI is InChI=1S/C23H23BrF3NO4/c1-30-17-6-4-15(5-7-17)13-31-18(14-32-23(26)27)3-2-9-28-10-8-16-11-20(24)21(25)12-19(16)22(28)29/h4-8,10-12,18,23H,2-3,9,13-14H2,1H3. The highest BCUT2D eigenvalue weighted by Crippen LogP contribution is 2.21. The van der Waals surface area contributed by atoms with E-state index in [4.69, 9.17) is 9.47 Å². The van der Waals surface area contributed by atoms with Crippen molar-refractivity contribution in [3.05, 3.63) is 74.9 Å². The van der Waals surface area contributed by atoms with Crippen LogP contribution in [-0.4, -0.2) is 31.0 Å². The molecule has 3 rings (SSSR count). The zero-order valence-corrected chi connectivity index (χ0v) is 19.0. The Morgan fingerprint density at radius 3 is 2.53 bits per heavy atom. The lowest BCUT2D eigenvalue weighted by Gasteiger charge is -2.18. The summed E-state index contributed by atoms with van der Waals surface area (Å²) in [6.45, 7) is -2.59. The van der Waals surface area contributed by atoms with Crippen LogP contribution in [0, 0.1) is 5.82 Å². The third-order valence-electron chi connectivity index (χ3n) is 5.00. The van der Waals surface area contributed by atoms with E-state index in [-0.39, 0.29) is 28.6 Å². The summed E-state index contributed by atoms with van der Waals surface area (Å²) >= 11 is 3.11. The van der Waals surface area contributed by atoms with Crippen LogP contribution in [0.2, 0.25) is 0 Å². The number of aryl methyl sites for hydroxylation is 1. The number of fused-ring (bicyclic) bond motifs is 1. The molecule has 32 heavy (non-hydrogen) atoms. The number of pyridine rings is 1. The Kier molecular flexibility index (Phi) is 8.72. The molecule has 0 fully saturated rings. The lowest BCUT2D eigenvalue weighted by atomic mass is 10.1. The summed E-state index contributed by atoms with van der Waals surface area (Å²) < 4.78 is 56.0. The molecule has 0 bridgehead atoms. The molecule has 1 atom stereocenters. The van der Waals surface area contributed by atoms with Crippen LogP contribution in [0.5, 0.6) is 5.75 Å². The van der Waals surface area contributed by atoms with E-state index in [0.717, 1.165) is 5.56 Å². The molecule has 0 aliphatic carbocycles. The maximum Gasteiger partial charge on any atom is 0.345 e. The molecule has 0 N–H and O–H groups in total. The Hall–Kier alpha value is -2.36. The second-order valence-corrected chi connectivity index (χ2v) is 8.04. The van der Waals surface area contributed by atoms with Crippen molar-refractivity contribution in [3.63, 3.8) is 0 Å². The summed E-state index contributed by atoms with van der Waals surface area (Å²) in [6, 6.07) is 11.7. The highest BCUT2D eigenvalue weighted by molar-refractivity contribution is 9.10. The molecule has 0 spiro atoms. The fourth-order valence-corrected chi connectivity index (χ4v) is 3.64. The van der Waals surface area contributed by atoms with Gasteiger partial charge in [0.25, 0.3) is 5.56 Å². The lowest BCUT2D eigenvalue weighted by molar-refractivity contribution is -0.157. The molecule has 0 amide bonds. The Labute approximate surface area is 191 Å². The van der Waals surface area contributed by atoms with Crippen molar-refractivity contribution in [2.24, 2.45) is 0 Å². The van der Waals surface area contributed by atoms with Gasteiger partial charge in [-0.2, -0.15) is 8.78 Å². The number of hydrogen-bond acceptors (Lipinski definition) is 4. The first-order valence-electron chi connectivity index (χ1n) is 10.00. The minimum Gasteiger partial charge on any atom is -0.497 e. The number of hydrogen-bond donors (Lipinski definition) is 0. The second-order valence-electron chi connectivity index (χ2n) is 7.19. The minimum absolute atomic E-state index is 0.228. The Morgan fingerprint density at radius 2 is 1.84 bits per heavy atom. The van der Waals surface area contributed by atoms with Gasteiger partial charge in [0.1, 0.15) is 11.6 Å². The molecule has 3 aromatic rings. The van der Waals surface area contributed by atoms with Gasteiger partial charge in [-0.3, -0.25) is 4.79 Å². The summed E-state index contributed by atoms with van der Waals surface area (Å²) in [5.41, 5.74) is 0.556. The Morgan fingerprint density at radius 1 is 1.09 bits per heavy atom. The SMILES string of the molecule is COc1ccc(COC(CCCn2ccc3cc(Br)c(F)cc3c2=O)COC(F)F)cc1. The van der Waals surface area contributed by atoms with Crippen LogP contribution in [0.4, 0.5) is 13.2 Å². The molecule has 9 heteroatoms. The van der Waals surface area contributed by atoms with E-state index in [1.165, 1.54) is 10.6 Å². The Bertz CT molecular complexity index is 1090. The van der Waals surface area contributed by atoms with Gasteiger partial charge in [0.2, 0.25) is 0 Å². The first-order valence-corrected chi connectivity index (χ1v) is 10.8. The molecule has 5 nitrogen and oxygen atoms in total. The van der Waals surface area contributed by atoms with Gasteiger partial charge in [0, 0.05) is 12.7 Å². The number of rotatable bonds is 11. The van der Waals surface area contributed by atoms with Crippen LogP contribution < -0.4 is 10.3 Å². The highest BCUT2D eigenvalue weighted by atomic mass is 79.9. The van der Waals surface area contributed by atoms with Crippen LogP contribution in [0.3, 0.4) is 0 Å². The van der Waals surface area contributed by atoms with Gasteiger partial charge in [-0.05, 0) is 70.1 Å². The van der Waals surface area contributed by atoms with Crippen molar-refractivity contribution >= 4 is 26.7 Å². The molecule has 1 aromatic heterocycles. The van der Waals surface area contributed by atoms with E-state index in [0.29, 0.717) is 30.5 Å². The zero-order valence-electron chi connectivity index (χ0n) is 17.4. The van der Waals surface area contributed by atoms with Crippen LogP contribution >= 0.6 is 15.9 Å². The van der Waals surface area contributed by atoms with E-state index < -0.39 is 18.5 Å². The van der Waals surface area contributed by atoms with Crippen molar-refractivity contribution in [1.82, 2.24) is 4.57 Å². The van der Waals surface area contributed by atoms with E-state index in [1.807, 2.05) is 12.1 Å². The Balaban J connectivity index is 1.61. The molecule has 1 heterocycles. The van der Waals surface area contributed by atoms with Gasteiger partial charge in [0.15, 0.2) is 0 Å². The van der Waals surface area contributed by atoms with E-state index in [2.05, 4.69) is 20.7 Å². The third-order valence-corrected chi connectivity index (χ3v) is 5.60. The average molecular weight is 514 g/mol. The molecular weight excluding hydrogens is 491 g/mol. The monoisotopic (exact) mass is 513 g/mol. The maximum absolute atomic E-state index is 13.8. The molecule has 2 aromatic carbocycles. The van der Waals surface area contributed by atoms with Crippen LogP contribution in [0.1, 0.15) is 18.4 Å². The molecule has 1 unspecified atom stereocenters. The molecule has 0 radical (unpaired) electrons. The second kappa shape index (κ2) is 11.5. The largest absolute Gasteiger partial charge is 0.497 e. The number of benzene rings is 2. The van der Waals surface area contributed by atoms with Gasteiger partial charge < -0.3 is 18.8 Å². The molecule has 172 valence electrons. The number of alkyl halides is 2. The summed E-state index contributed by atoms with van der Waals surface area (Å²) in [5.74, 6) is 0.197. The van der Waals surface area contributed by atoms with Crippen LogP contribution in [0.15, 0.2) is 57.9 Å². The smallest absolute Gasteiger partial charge is 0.345 e. The van der Waals surface area contributed by atoms with Crippen molar-refractivity contribution in [2.45, 2.75) is 38.7 Å². The van der Waals surface area contributed by atoms with Crippen LogP contribution in [0.25, 0.3) is 10.8 Å². The van der Waals surface area contributed by atoms with Gasteiger partial charge in [-0.1, -0.05) is 12.1 Å². The summed E-state index contributed by atoms with van der Waals surface area (Å²) in [7, 11) is 1.57. The summed E-state index contributed by atoms with van der Waals surface area (Å²) in [4.78, 5) is 12.7. The van der Waals surface area contributed by atoms with E-state index >= 15 is 0 Å².